The largest absolute Gasteiger partial charge is 0.364 e. The van der Waals surface area contributed by atoms with Gasteiger partial charge in [0.2, 0.25) is 0 Å². The molecule has 0 aliphatic heterocycles. The Morgan fingerprint density at radius 3 is 2.70 bits per heavy atom. The Balaban J connectivity index is 2.68. The molecular weight excluding hydrogens is 133 g/mol. The molecule has 0 saturated heterocycles. The maximum Gasteiger partial charge on any atom is 0.132 e. The minimum atomic E-state index is -0.953. The van der Waals surface area contributed by atoms with E-state index in [1.165, 1.54) is 12.5 Å². The smallest absolute Gasteiger partial charge is 0.132 e. The highest BCUT2D eigenvalue weighted by Gasteiger charge is 2.15. The third kappa shape index (κ3) is 1.35. The van der Waals surface area contributed by atoms with Gasteiger partial charge < -0.3 is 4.52 Å². The van der Waals surface area contributed by atoms with Gasteiger partial charge in [0, 0.05) is 5.56 Å². The molecular formula is C7H10FNO. The Morgan fingerprint density at radius 2 is 2.30 bits per heavy atom. The molecule has 1 unspecified atom stereocenters. The average Bonchev–Trinajstić information content (AvgIpc) is 2.36. The van der Waals surface area contributed by atoms with E-state index in [1.54, 1.807) is 0 Å². The molecule has 10 heavy (non-hydrogen) atoms. The zero-order chi connectivity index (χ0) is 7.56. The number of alkyl halides is 1. The summed E-state index contributed by atoms with van der Waals surface area (Å²) < 4.78 is 17.5. The normalized spacial score (nSPS) is 14.0. The Kier molecular flexibility index (Phi) is 2.04. The molecule has 56 valence electrons. The number of nitrogens with zero attached hydrogens (tertiary/aromatic N) is 1. The minimum Gasteiger partial charge on any atom is -0.364 e. The lowest BCUT2D eigenvalue weighted by Gasteiger charge is -2.07. The lowest BCUT2D eigenvalue weighted by Crippen LogP contribution is -1.98. The fourth-order valence-corrected chi connectivity index (χ4v) is 0.734. The van der Waals surface area contributed by atoms with Crippen LogP contribution in [0, 0.1) is 5.92 Å². The lowest BCUT2D eigenvalue weighted by molar-refractivity contribution is 0.260. The van der Waals surface area contributed by atoms with Gasteiger partial charge in [0.05, 0.1) is 6.20 Å². The summed E-state index contributed by atoms with van der Waals surface area (Å²) in [6, 6.07) is 0. The predicted octanol–water partition coefficient (Wildman–Crippen LogP) is 2.34. The molecule has 0 aliphatic carbocycles. The van der Waals surface area contributed by atoms with Crippen molar-refractivity contribution >= 4 is 0 Å². The molecule has 2 nitrogen and oxygen atoms in total. The van der Waals surface area contributed by atoms with Crippen LogP contribution in [0.4, 0.5) is 4.39 Å². The number of hydrogen-bond donors (Lipinski definition) is 0. The number of hydrogen-bond acceptors (Lipinski definition) is 2. The Hall–Kier alpha value is -0.860. The molecule has 1 heterocycles. The van der Waals surface area contributed by atoms with Gasteiger partial charge in [-0.3, -0.25) is 0 Å². The van der Waals surface area contributed by atoms with Crippen molar-refractivity contribution in [3.05, 3.63) is 18.0 Å². The van der Waals surface area contributed by atoms with Crippen molar-refractivity contribution < 1.29 is 8.91 Å². The van der Waals surface area contributed by atoms with Gasteiger partial charge in [-0.1, -0.05) is 19.0 Å². The maximum absolute atomic E-state index is 13.0. The van der Waals surface area contributed by atoms with E-state index < -0.39 is 6.17 Å². The molecule has 0 fully saturated rings. The van der Waals surface area contributed by atoms with Crippen molar-refractivity contribution in [2.24, 2.45) is 5.92 Å². The van der Waals surface area contributed by atoms with Crippen LogP contribution in [0.1, 0.15) is 25.6 Å². The molecule has 1 aromatic rings. The second-order valence-electron chi connectivity index (χ2n) is 2.60. The van der Waals surface area contributed by atoms with Gasteiger partial charge in [-0.2, -0.15) is 0 Å². The van der Waals surface area contributed by atoms with E-state index in [4.69, 9.17) is 0 Å². The Labute approximate surface area is 59.0 Å². The van der Waals surface area contributed by atoms with Crippen LogP contribution in [0.25, 0.3) is 0 Å². The molecule has 0 aromatic carbocycles. The first-order chi connectivity index (χ1) is 4.72. The maximum atomic E-state index is 13.0. The second kappa shape index (κ2) is 2.82. The van der Waals surface area contributed by atoms with E-state index in [0.717, 1.165) is 0 Å². The number of halogens is 1. The molecule has 3 heteroatoms. The van der Waals surface area contributed by atoms with Crippen LogP contribution in [-0.4, -0.2) is 5.16 Å². The van der Waals surface area contributed by atoms with Crippen LogP contribution in [0.15, 0.2) is 17.0 Å². The third-order valence-electron chi connectivity index (χ3n) is 1.36. The summed E-state index contributed by atoms with van der Waals surface area (Å²) in [5, 5.41) is 3.41. The monoisotopic (exact) mass is 143 g/mol. The van der Waals surface area contributed by atoms with Gasteiger partial charge in [-0.05, 0) is 5.92 Å². The van der Waals surface area contributed by atoms with Gasteiger partial charge in [0.25, 0.3) is 0 Å². The van der Waals surface area contributed by atoms with E-state index in [9.17, 15) is 4.39 Å². The van der Waals surface area contributed by atoms with Crippen LogP contribution >= 0.6 is 0 Å². The summed E-state index contributed by atoms with van der Waals surface area (Å²) in [5.74, 6) is -0.0144. The van der Waals surface area contributed by atoms with Crippen LogP contribution in [0.3, 0.4) is 0 Å². The molecule has 1 rings (SSSR count). The van der Waals surface area contributed by atoms with Crippen LogP contribution < -0.4 is 0 Å². The molecule has 0 spiro atoms. The fraction of sp³-hybridized carbons (Fsp3) is 0.571. The molecule has 0 bridgehead atoms. The zero-order valence-corrected chi connectivity index (χ0v) is 6.04. The summed E-state index contributed by atoms with van der Waals surface area (Å²) in [6.45, 7) is 3.63. The minimum absolute atomic E-state index is 0.0144. The molecule has 1 atom stereocenters. The van der Waals surface area contributed by atoms with Crippen LogP contribution in [0.2, 0.25) is 0 Å². The summed E-state index contributed by atoms with van der Waals surface area (Å²) in [7, 11) is 0. The van der Waals surface area contributed by atoms with Crippen molar-refractivity contribution in [2.75, 3.05) is 0 Å². The van der Waals surface area contributed by atoms with Gasteiger partial charge in [-0.25, -0.2) is 4.39 Å². The second-order valence-corrected chi connectivity index (χ2v) is 2.60. The van der Waals surface area contributed by atoms with Gasteiger partial charge in [-0.15, -0.1) is 0 Å². The predicted molar refractivity (Wildman–Crippen MR) is 35.2 cm³/mol. The Bertz CT molecular complexity index is 183. The summed E-state index contributed by atoms with van der Waals surface area (Å²) in [5.41, 5.74) is 0.523. The van der Waals surface area contributed by atoms with Crippen molar-refractivity contribution in [2.45, 2.75) is 20.0 Å². The van der Waals surface area contributed by atoms with Crippen LogP contribution in [0.5, 0.6) is 0 Å². The summed E-state index contributed by atoms with van der Waals surface area (Å²) in [6.07, 6.45) is 1.79. The highest BCUT2D eigenvalue weighted by Crippen LogP contribution is 2.24. The highest BCUT2D eigenvalue weighted by atomic mass is 19.1. The van der Waals surface area contributed by atoms with Crippen LogP contribution in [-0.2, 0) is 0 Å². The van der Waals surface area contributed by atoms with E-state index in [-0.39, 0.29) is 5.92 Å². The van der Waals surface area contributed by atoms with Crippen molar-refractivity contribution in [3.8, 4) is 0 Å². The summed E-state index contributed by atoms with van der Waals surface area (Å²) in [4.78, 5) is 0. The van der Waals surface area contributed by atoms with Gasteiger partial charge in [0.1, 0.15) is 12.4 Å². The number of aromatic nitrogens is 1. The van der Waals surface area contributed by atoms with Gasteiger partial charge in [0.15, 0.2) is 0 Å². The van der Waals surface area contributed by atoms with E-state index in [0.29, 0.717) is 5.56 Å². The molecule has 0 N–H and O–H groups in total. The molecule has 0 saturated carbocycles. The highest BCUT2D eigenvalue weighted by molar-refractivity contribution is 5.05. The SMILES string of the molecule is CC(C)C(F)c1cnoc1. The molecule has 0 radical (unpaired) electrons. The summed E-state index contributed by atoms with van der Waals surface area (Å²) >= 11 is 0. The zero-order valence-electron chi connectivity index (χ0n) is 6.04. The molecule has 0 aliphatic rings. The average molecular weight is 143 g/mol. The topological polar surface area (TPSA) is 26.0 Å². The molecule has 0 amide bonds. The first-order valence-electron chi connectivity index (χ1n) is 3.25. The Morgan fingerprint density at radius 1 is 1.60 bits per heavy atom. The first-order valence-corrected chi connectivity index (χ1v) is 3.25. The fourth-order valence-electron chi connectivity index (χ4n) is 0.734. The number of rotatable bonds is 2. The lowest BCUT2D eigenvalue weighted by atomic mass is 10.0. The first kappa shape index (κ1) is 7.25. The van der Waals surface area contributed by atoms with Crippen molar-refractivity contribution in [1.82, 2.24) is 5.16 Å². The standard InChI is InChI=1S/C7H10FNO/c1-5(2)7(8)6-3-9-10-4-6/h3-5,7H,1-2H3. The molecule has 1 aromatic heterocycles. The van der Waals surface area contributed by atoms with E-state index in [2.05, 4.69) is 9.68 Å². The van der Waals surface area contributed by atoms with Crippen molar-refractivity contribution in [3.63, 3.8) is 0 Å². The van der Waals surface area contributed by atoms with Crippen molar-refractivity contribution in [1.29, 1.82) is 0 Å². The van der Waals surface area contributed by atoms with Gasteiger partial charge >= 0.3 is 0 Å². The quantitative estimate of drug-likeness (QED) is 0.635. The van der Waals surface area contributed by atoms with E-state index in [1.807, 2.05) is 13.8 Å². The third-order valence-corrected chi connectivity index (χ3v) is 1.36. The van der Waals surface area contributed by atoms with E-state index >= 15 is 0 Å².